The lowest BCUT2D eigenvalue weighted by Gasteiger charge is -2.18. The Kier molecular flexibility index (Phi) is 6.65. The maximum absolute atomic E-state index is 13.4. The molecule has 0 atom stereocenters. The van der Waals surface area contributed by atoms with E-state index in [0.717, 1.165) is 28.3 Å². The van der Waals surface area contributed by atoms with Crippen molar-refractivity contribution in [2.75, 3.05) is 0 Å². The molecule has 0 saturated carbocycles. The van der Waals surface area contributed by atoms with Crippen molar-refractivity contribution in [3.05, 3.63) is 79.8 Å². The van der Waals surface area contributed by atoms with Gasteiger partial charge in [0.1, 0.15) is 34.6 Å². The molecule has 0 aromatic carbocycles. The summed E-state index contributed by atoms with van der Waals surface area (Å²) in [7, 11) is 0. The number of pyridine rings is 2. The number of ether oxygens (including phenoxy) is 1. The average molecular weight is 524 g/mol. The topological polar surface area (TPSA) is 95.9 Å². The molecule has 176 valence electrons. The number of oxazole rings is 1. The van der Waals surface area contributed by atoms with Gasteiger partial charge in [0.2, 0.25) is 0 Å². The quantitative estimate of drug-likeness (QED) is 0.334. The first-order valence-electron chi connectivity index (χ1n) is 10.9. The molecule has 0 aliphatic heterocycles. The van der Waals surface area contributed by atoms with Crippen LogP contribution in [0.2, 0.25) is 0 Å². The van der Waals surface area contributed by atoms with Crippen molar-refractivity contribution in [3.63, 3.8) is 0 Å². The van der Waals surface area contributed by atoms with Gasteiger partial charge in [0, 0.05) is 36.5 Å². The van der Waals surface area contributed by atoms with Crippen LogP contribution in [0.25, 0.3) is 17.1 Å². The SMILES string of the molecule is Cc1nc(COc2c(C)c(C)n(-c3ccnc(-c4nc(C(C)C)ncc4C)c3)c(=O)c2Br)co1. The second kappa shape index (κ2) is 9.50. The molecule has 4 heterocycles. The molecule has 0 N–H and O–H groups in total. The van der Waals surface area contributed by atoms with Crippen LogP contribution < -0.4 is 10.3 Å². The predicted molar refractivity (Wildman–Crippen MR) is 132 cm³/mol. The highest BCUT2D eigenvalue weighted by Crippen LogP contribution is 2.31. The summed E-state index contributed by atoms with van der Waals surface area (Å²) in [4.78, 5) is 31.3. The van der Waals surface area contributed by atoms with Crippen LogP contribution in [0.3, 0.4) is 0 Å². The number of aromatic nitrogens is 5. The van der Waals surface area contributed by atoms with Gasteiger partial charge >= 0.3 is 0 Å². The van der Waals surface area contributed by atoms with E-state index >= 15 is 0 Å². The van der Waals surface area contributed by atoms with Crippen molar-refractivity contribution < 1.29 is 9.15 Å². The summed E-state index contributed by atoms with van der Waals surface area (Å²) in [5.74, 6) is 2.00. The summed E-state index contributed by atoms with van der Waals surface area (Å²) < 4.78 is 13.2. The van der Waals surface area contributed by atoms with Gasteiger partial charge in [0.25, 0.3) is 5.56 Å². The zero-order valence-electron chi connectivity index (χ0n) is 20.0. The minimum Gasteiger partial charge on any atom is -0.485 e. The molecule has 0 unspecified atom stereocenters. The fourth-order valence-corrected chi connectivity index (χ4v) is 4.22. The fraction of sp³-hybridized carbons (Fsp3) is 0.320. The zero-order valence-corrected chi connectivity index (χ0v) is 21.6. The Labute approximate surface area is 206 Å². The van der Waals surface area contributed by atoms with Crippen molar-refractivity contribution >= 4 is 15.9 Å². The standard InChI is InChI=1S/C25H26BrN5O3/c1-13(2)24-28-10-14(3)22(30-24)20-9-19(7-8-27-20)31-16(5)15(4)23(21(26)25(31)32)34-12-18-11-33-17(6)29-18/h7-11,13H,12H2,1-6H3. The summed E-state index contributed by atoms with van der Waals surface area (Å²) >= 11 is 3.45. The first-order valence-corrected chi connectivity index (χ1v) is 11.7. The van der Waals surface area contributed by atoms with E-state index in [0.29, 0.717) is 33.2 Å². The van der Waals surface area contributed by atoms with E-state index in [2.05, 4.69) is 44.7 Å². The number of nitrogens with zero attached hydrogens (tertiary/aromatic N) is 5. The summed E-state index contributed by atoms with van der Waals surface area (Å²) in [5, 5.41) is 0. The molecule has 4 rings (SSSR count). The van der Waals surface area contributed by atoms with Crippen LogP contribution in [0.15, 0.2) is 44.5 Å². The Hall–Kier alpha value is -3.33. The van der Waals surface area contributed by atoms with Crippen molar-refractivity contribution in [1.29, 1.82) is 0 Å². The Balaban J connectivity index is 1.76. The van der Waals surface area contributed by atoms with Gasteiger partial charge in [-0.1, -0.05) is 13.8 Å². The predicted octanol–water partition coefficient (Wildman–Crippen LogP) is 5.38. The van der Waals surface area contributed by atoms with Gasteiger partial charge in [-0.25, -0.2) is 15.0 Å². The van der Waals surface area contributed by atoms with E-state index in [1.54, 1.807) is 24.0 Å². The first kappa shape index (κ1) is 23.8. The van der Waals surface area contributed by atoms with Crippen LogP contribution >= 0.6 is 15.9 Å². The van der Waals surface area contributed by atoms with E-state index in [-0.39, 0.29) is 18.1 Å². The van der Waals surface area contributed by atoms with Gasteiger partial charge in [0.05, 0.1) is 17.1 Å². The third-order valence-electron chi connectivity index (χ3n) is 5.59. The molecule has 34 heavy (non-hydrogen) atoms. The fourth-order valence-electron chi connectivity index (χ4n) is 3.63. The monoisotopic (exact) mass is 523 g/mol. The Morgan fingerprint density at radius 1 is 1.15 bits per heavy atom. The maximum atomic E-state index is 13.4. The molecule has 0 amide bonds. The molecule has 0 saturated heterocycles. The summed E-state index contributed by atoms with van der Waals surface area (Å²) in [6, 6.07) is 3.68. The third kappa shape index (κ3) is 4.52. The first-order chi connectivity index (χ1) is 16.2. The van der Waals surface area contributed by atoms with Gasteiger partial charge in [-0.2, -0.15) is 0 Å². The molecule has 4 aromatic heterocycles. The van der Waals surface area contributed by atoms with E-state index in [9.17, 15) is 4.79 Å². The van der Waals surface area contributed by atoms with Crippen molar-refractivity contribution in [2.45, 2.75) is 54.1 Å². The van der Waals surface area contributed by atoms with Crippen LogP contribution in [0.5, 0.6) is 5.75 Å². The number of rotatable bonds is 6. The molecular weight excluding hydrogens is 498 g/mol. The molecule has 0 radical (unpaired) electrons. The lowest BCUT2D eigenvalue weighted by molar-refractivity contribution is 0.295. The van der Waals surface area contributed by atoms with Crippen molar-refractivity contribution in [3.8, 4) is 22.8 Å². The number of hydrogen-bond donors (Lipinski definition) is 0. The lowest BCUT2D eigenvalue weighted by Crippen LogP contribution is -2.23. The molecule has 9 heteroatoms. The van der Waals surface area contributed by atoms with Crippen LogP contribution in [0.4, 0.5) is 0 Å². The van der Waals surface area contributed by atoms with Gasteiger partial charge in [-0.3, -0.25) is 14.3 Å². The summed E-state index contributed by atoms with van der Waals surface area (Å²) in [5.41, 5.74) is 5.08. The van der Waals surface area contributed by atoms with Crippen LogP contribution in [0.1, 0.15) is 54.0 Å². The summed E-state index contributed by atoms with van der Waals surface area (Å²) in [6.07, 6.45) is 5.05. The Morgan fingerprint density at radius 2 is 1.91 bits per heavy atom. The summed E-state index contributed by atoms with van der Waals surface area (Å²) in [6.45, 7) is 11.8. The molecule has 4 aromatic rings. The van der Waals surface area contributed by atoms with E-state index in [1.807, 2.05) is 39.1 Å². The van der Waals surface area contributed by atoms with Crippen molar-refractivity contribution in [2.24, 2.45) is 0 Å². The van der Waals surface area contributed by atoms with E-state index in [1.165, 1.54) is 0 Å². The molecule has 8 nitrogen and oxygen atoms in total. The minimum absolute atomic E-state index is 0.194. The molecule has 0 aliphatic rings. The van der Waals surface area contributed by atoms with Crippen LogP contribution in [-0.4, -0.2) is 24.5 Å². The van der Waals surface area contributed by atoms with E-state index in [4.69, 9.17) is 14.1 Å². The maximum Gasteiger partial charge on any atom is 0.273 e. The largest absolute Gasteiger partial charge is 0.485 e. The molecule has 0 fully saturated rings. The average Bonchev–Trinajstić information content (AvgIpc) is 3.23. The highest BCUT2D eigenvalue weighted by Gasteiger charge is 2.19. The van der Waals surface area contributed by atoms with Gasteiger partial charge < -0.3 is 9.15 Å². The Morgan fingerprint density at radius 3 is 2.59 bits per heavy atom. The van der Waals surface area contributed by atoms with Gasteiger partial charge in [-0.15, -0.1) is 0 Å². The molecule has 0 spiro atoms. The second-order valence-electron chi connectivity index (χ2n) is 8.45. The number of halogens is 1. The molecular formula is C25H26BrN5O3. The van der Waals surface area contributed by atoms with Gasteiger partial charge in [-0.05, 0) is 54.4 Å². The van der Waals surface area contributed by atoms with Crippen LogP contribution in [0, 0.1) is 27.7 Å². The lowest BCUT2D eigenvalue weighted by atomic mass is 10.1. The second-order valence-corrected chi connectivity index (χ2v) is 9.25. The normalized spacial score (nSPS) is 11.3. The zero-order chi connectivity index (χ0) is 24.6. The molecule has 0 bridgehead atoms. The van der Waals surface area contributed by atoms with Crippen LogP contribution in [-0.2, 0) is 6.61 Å². The third-order valence-corrected chi connectivity index (χ3v) is 6.29. The highest BCUT2D eigenvalue weighted by atomic mass is 79.9. The smallest absolute Gasteiger partial charge is 0.273 e. The number of hydrogen-bond acceptors (Lipinski definition) is 7. The minimum atomic E-state index is -0.228. The van der Waals surface area contributed by atoms with Gasteiger partial charge in [0.15, 0.2) is 5.89 Å². The highest BCUT2D eigenvalue weighted by molar-refractivity contribution is 9.10. The van der Waals surface area contributed by atoms with E-state index < -0.39 is 0 Å². The van der Waals surface area contributed by atoms with Crippen molar-refractivity contribution in [1.82, 2.24) is 24.5 Å². The Bertz CT molecular complexity index is 1420. The molecule has 0 aliphatic carbocycles. The number of aryl methyl sites for hydroxylation is 2.